The van der Waals surface area contributed by atoms with E-state index in [2.05, 4.69) is 24.6 Å². The molecule has 4 aliphatic rings. The van der Waals surface area contributed by atoms with Gasteiger partial charge in [0.05, 0.1) is 12.2 Å². The Kier molecular flexibility index (Phi) is 6.18. The van der Waals surface area contributed by atoms with E-state index in [-0.39, 0.29) is 5.91 Å². The molecular formula is C23H36N6O. The van der Waals surface area contributed by atoms with Crippen molar-refractivity contribution in [2.75, 3.05) is 57.3 Å². The lowest BCUT2D eigenvalue weighted by Gasteiger charge is -2.39. The van der Waals surface area contributed by atoms with Crippen LogP contribution in [0.5, 0.6) is 0 Å². The highest BCUT2D eigenvalue weighted by atomic mass is 16.2. The third-order valence-electron chi connectivity index (χ3n) is 7.51. The van der Waals surface area contributed by atoms with Gasteiger partial charge in [0.25, 0.3) is 0 Å². The van der Waals surface area contributed by atoms with Crippen LogP contribution < -0.4 is 4.90 Å². The number of aromatic nitrogens is 2. The summed E-state index contributed by atoms with van der Waals surface area (Å²) in [6, 6.07) is 0.774. The first-order chi connectivity index (χ1) is 14.8. The van der Waals surface area contributed by atoms with Crippen molar-refractivity contribution in [3.8, 4) is 0 Å². The molecule has 4 heterocycles. The average molecular weight is 413 g/mol. The topological polar surface area (TPSA) is 55.8 Å². The van der Waals surface area contributed by atoms with E-state index in [1.807, 2.05) is 6.20 Å². The first-order valence-corrected chi connectivity index (χ1v) is 12.1. The Hall–Kier alpha value is -1.73. The lowest BCUT2D eigenvalue weighted by Crippen LogP contribution is -2.53. The number of nitrogens with zero attached hydrogens (tertiary/aromatic N) is 6. The molecule has 3 fully saturated rings. The molecule has 0 aromatic carbocycles. The molecule has 1 aromatic heterocycles. The van der Waals surface area contributed by atoms with Crippen molar-refractivity contribution in [2.24, 2.45) is 0 Å². The number of fused-ring (bicyclic) bond motifs is 1. The van der Waals surface area contributed by atoms with Gasteiger partial charge in [0, 0.05) is 76.6 Å². The van der Waals surface area contributed by atoms with Crippen LogP contribution in [0.1, 0.15) is 56.2 Å². The van der Waals surface area contributed by atoms with Gasteiger partial charge in [0.1, 0.15) is 0 Å². The molecule has 164 valence electrons. The van der Waals surface area contributed by atoms with Gasteiger partial charge in [0.15, 0.2) is 0 Å². The maximum Gasteiger partial charge on any atom is 0.236 e. The monoisotopic (exact) mass is 412 g/mol. The molecule has 0 spiro atoms. The SMILES string of the molecule is O=C(CN1CCc2nc(N3CCCCC3)ncc2C1)N1CCN(C2CCCC2)CC1. The Balaban J connectivity index is 1.12. The zero-order valence-electron chi connectivity index (χ0n) is 18.3. The molecule has 1 aromatic rings. The van der Waals surface area contributed by atoms with Crippen LogP contribution >= 0.6 is 0 Å². The molecule has 3 aliphatic heterocycles. The molecule has 1 amide bonds. The van der Waals surface area contributed by atoms with Crippen LogP contribution in [0.3, 0.4) is 0 Å². The molecule has 0 atom stereocenters. The fraction of sp³-hybridized carbons (Fsp3) is 0.783. The van der Waals surface area contributed by atoms with Gasteiger partial charge < -0.3 is 9.80 Å². The van der Waals surface area contributed by atoms with Gasteiger partial charge in [-0.3, -0.25) is 14.6 Å². The summed E-state index contributed by atoms with van der Waals surface area (Å²) in [6.07, 6.45) is 12.2. The van der Waals surface area contributed by atoms with E-state index in [9.17, 15) is 4.79 Å². The molecule has 1 saturated carbocycles. The van der Waals surface area contributed by atoms with Crippen molar-refractivity contribution in [1.29, 1.82) is 0 Å². The second kappa shape index (κ2) is 9.18. The molecule has 0 bridgehead atoms. The molecule has 0 radical (unpaired) electrons. The van der Waals surface area contributed by atoms with Crippen LogP contribution in [0.15, 0.2) is 6.20 Å². The Morgan fingerprint density at radius 1 is 0.933 bits per heavy atom. The van der Waals surface area contributed by atoms with E-state index in [1.54, 1.807) is 0 Å². The third kappa shape index (κ3) is 4.47. The first kappa shape index (κ1) is 20.2. The molecule has 1 aliphatic carbocycles. The molecule has 5 rings (SSSR count). The Morgan fingerprint density at radius 2 is 1.70 bits per heavy atom. The van der Waals surface area contributed by atoms with Gasteiger partial charge in [-0.15, -0.1) is 0 Å². The summed E-state index contributed by atoms with van der Waals surface area (Å²) in [5.41, 5.74) is 2.38. The molecular weight excluding hydrogens is 376 g/mol. The van der Waals surface area contributed by atoms with Gasteiger partial charge in [0.2, 0.25) is 11.9 Å². The predicted octanol–water partition coefficient (Wildman–Crippen LogP) is 1.91. The normalized spacial score (nSPS) is 24.3. The van der Waals surface area contributed by atoms with Gasteiger partial charge in [-0.1, -0.05) is 12.8 Å². The number of hydrogen-bond donors (Lipinski definition) is 0. The highest BCUT2D eigenvalue weighted by molar-refractivity contribution is 5.78. The summed E-state index contributed by atoms with van der Waals surface area (Å²) >= 11 is 0. The van der Waals surface area contributed by atoms with Crippen molar-refractivity contribution in [3.05, 3.63) is 17.5 Å². The standard InChI is InChI=1S/C23H36N6O/c30-22(28-14-12-27(13-15-28)20-6-2-3-7-20)18-26-11-8-21-19(17-26)16-24-23(25-21)29-9-4-1-5-10-29/h16,20H,1-15,17-18H2. The van der Waals surface area contributed by atoms with Crippen LogP contribution in [0, 0.1) is 0 Å². The fourth-order valence-electron chi connectivity index (χ4n) is 5.64. The molecule has 2 saturated heterocycles. The summed E-state index contributed by atoms with van der Waals surface area (Å²) in [6.45, 7) is 8.26. The van der Waals surface area contributed by atoms with Crippen LogP contribution in [-0.4, -0.2) is 89.0 Å². The molecule has 30 heavy (non-hydrogen) atoms. The third-order valence-corrected chi connectivity index (χ3v) is 7.51. The Morgan fingerprint density at radius 3 is 2.47 bits per heavy atom. The maximum absolute atomic E-state index is 12.9. The minimum Gasteiger partial charge on any atom is -0.341 e. The minimum absolute atomic E-state index is 0.287. The van der Waals surface area contributed by atoms with Gasteiger partial charge >= 0.3 is 0 Å². The van der Waals surface area contributed by atoms with Crippen molar-refractivity contribution in [3.63, 3.8) is 0 Å². The van der Waals surface area contributed by atoms with E-state index in [4.69, 9.17) is 4.98 Å². The largest absolute Gasteiger partial charge is 0.341 e. The van der Waals surface area contributed by atoms with Crippen molar-refractivity contribution >= 4 is 11.9 Å². The number of rotatable bonds is 4. The van der Waals surface area contributed by atoms with Gasteiger partial charge in [-0.25, -0.2) is 9.97 Å². The second-order valence-electron chi connectivity index (χ2n) is 9.51. The van der Waals surface area contributed by atoms with E-state index in [0.29, 0.717) is 6.54 Å². The van der Waals surface area contributed by atoms with E-state index >= 15 is 0 Å². The number of piperazine rings is 1. The first-order valence-electron chi connectivity index (χ1n) is 12.1. The maximum atomic E-state index is 12.9. The number of piperidine rings is 1. The van der Waals surface area contributed by atoms with Crippen molar-refractivity contribution in [2.45, 2.75) is 64.0 Å². The van der Waals surface area contributed by atoms with Crippen molar-refractivity contribution in [1.82, 2.24) is 24.7 Å². The van der Waals surface area contributed by atoms with Crippen molar-refractivity contribution < 1.29 is 4.79 Å². The van der Waals surface area contributed by atoms with E-state index < -0.39 is 0 Å². The highest BCUT2D eigenvalue weighted by Crippen LogP contribution is 2.25. The zero-order valence-corrected chi connectivity index (χ0v) is 18.3. The van der Waals surface area contributed by atoms with E-state index in [1.165, 1.54) is 56.2 Å². The lowest BCUT2D eigenvalue weighted by molar-refractivity contribution is -0.134. The molecule has 7 heteroatoms. The second-order valence-corrected chi connectivity index (χ2v) is 9.51. The van der Waals surface area contributed by atoms with Crippen LogP contribution in [0.2, 0.25) is 0 Å². The number of amides is 1. The minimum atomic E-state index is 0.287. The fourth-order valence-corrected chi connectivity index (χ4v) is 5.64. The summed E-state index contributed by atoms with van der Waals surface area (Å²) < 4.78 is 0. The zero-order chi connectivity index (χ0) is 20.3. The number of hydrogen-bond acceptors (Lipinski definition) is 6. The smallest absolute Gasteiger partial charge is 0.236 e. The summed E-state index contributed by atoms with van der Waals surface area (Å²) in [5.74, 6) is 1.19. The van der Waals surface area contributed by atoms with Crippen LogP contribution in [0.25, 0.3) is 0 Å². The molecule has 0 unspecified atom stereocenters. The average Bonchev–Trinajstić information content (AvgIpc) is 3.34. The Labute approximate surface area is 180 Å². The highest BCUT2D eigenvalue weighted by Gasteiger charge is 2.29. The van der Waals surface area contributed by atoms with Crippen LogP contribution in [0.4, 0.5) is 5.95 Å². The number of carbonyl (C=O) groups excluding carboxylic acids is 1. The van der Waals surface area contributed by atoms with Gasteiger partial charge in [-0.2, -0.15) is 0 Å². The summed E-state index contributed by atoms with van der Waals surface area (Å²) in [7, 11) is 0. The Bertz CT molecular complexity index is 735. The van der Waals surface area contributed by atoms with E-state index in [0.717, 1.165) is 70.8 Å². The quantitative estimate of drug-likeness (QED) is 0.753. The van der Waals surface area contributed by atoms with Gasteiger partial charge in [-0.05, 0) is 32.1 Å². The lowest BCUT2D eigenvalue weighted by atomic mass is 10.1. The van der Waals surface area contributed by atoms with Crippen LogP contribution in [-0.2, 0) is 17.8 Å². The number of carbonyl (C=O) groups is 1. The summed E-state index contributed by atoms with van der Waals surface area (Å²) in [4.78, 5) is 31.7. The molecule has 0 N–H and O–H groups in total. The molecule has 7 nitrogen and oxygen atoms in total. The number of anilines is 1. The predicted molar refractivity (Wildman–Crippen MR) is 117 cm³/mol. The summed E-state index contributed by atoms with van der Waals surface area (Å²) in [5, 5.41) is 0.